The van der Waals surface area contributed by atoms with E-state index < -0.39 is 11.7 Å². The van der Waals surface area contributed by atoms with Gasteiger partial charge in [-0.1, -0.05) is 12.1 Å². The largest absolute Gasteiger partial charge is 0.357 e. The highest BCUT2D eigenvalue weighted by atomic mass is 19.1. The van der Waals surface area contributed by atoms with Crippen LogP contribution in [0.1, 0.15) is 35.4 Å². The molecule has 1 N–H and O–H groups in total. The summed E-state index contributed by atoms with van der Waals surface area (Å²) in [5.74, 6) is 0.413. The number of nitrogens with zero attached hydrogens (tertiary/aromatic N) is 3. The van der Waals surface area contributed by atoms with Gasteiger partial charge in [0.25, 0.3) is 5.91 Å². The molecule has 0 saturated carbocycles. The zero-order valence-electron chi connectivity index (χ0n) is 12.8. The average molecular weight is 314 g/mol. The number of amides is 1. The van der Waals surface area contributed by atoms with Crippen molar-refractivity contribution in [3.8, 4) is 0 Å². The smallest absolute Gasteiger partial charge is 0.254 e. The first-order valence-electron chi connectivity index (χ1n) is 7.83. The minimum Gasteiger partial charge on any atom is -0.357 e. The Labute approximate surface area is 134 Å². The maximum absolute atomic E-state index is 13.6. The van der Waals surface area contributed by atoms with Gasteiger partial charge < -0.3 is 10.2 Å². The number of aromatic nitrogens is 2. The van der Waals surface area contributed by atoms with Crippen molar-refractivity contribution in [2.24, 2.45) is 0 Å². The predicted octanol–water partition coefficient (Wildman–Crippen LogP) is 2.54. The highest BCUT2D eigenvalue weighted by Gasteiger charge is 2.14. The second-order valence-corrected chi connectivity index (χ2v) is 5.54. The summed E-state index contributed by atoms with van der Waals surface area (Å²) in [5.41, 5.74) is 0.0275. The molecule has 1 fully saturated rings. The maximum Gasteiger partial charge on any atom is 0.254 e. The Morgan fingerprint density at radius 3 is 2.74 bits per heavy atom. The van der Waals surface area contributed by atoms with E-state index in [-0.39, 0.29) is 12.1 Å². The molecule has 120 valence electrons. The SMILES string of the molecule is O=C(NCc1nccc(N2CCCCC2)n1)c1ccccc1F. The van der Waals surface area contributed by atoms with Gasteiger partial charge in [-0.2, -0.15) is 0 Å². The van der Waals surface area contributed by atoms with Gasteiger partial charge in [0.05, 0.1) is 12.1 Å². The Morgan fingerprint density at radius 1 is 1.17 bits per heavy atom. The van der Waals surface area contributed by atoms with Crippen molar-refractivity contribution in [1.29, 1.82) is 0 Å². The number of hydrogen-bond donors (Lipinski definition) is 1. The highest BCUT2D eigenvalue weighted by molar-refractivity contribution is 5.94. The Bertz CT molecular complexity index is 686. The summed E-state index contributed by atoms with van der Waals surface area (Å²) in [6, 6.07) is 7.79. The lowest BCUT2D eigenvalue weighted by Crippen LogP contribution is -2.31. The van der Waals surface area contributed by atoms with Crippen LogP contribution in [0.3, 0.4) is 0 Å². The Kier molecular flexibility index (Phi) is 4.80. The van der Waals surface area contributed by atoms with Crippen LogP contribution in [0.5, 0.6) is 0 Å². The molecule has 1 aliphatic heterocycles. The van der Waals surface area contributed by atoms with Crippen molar-refractivity contribution < 1.29 is 9.18 Å². The number of nitrogens with one attached hydrogen (secondary N) is 1. The minimum atomic E-state index is -0.534. The number of anilines is 1. The van der Waals surface area contributed by atoms with Crippen molar-refractivity contribution in [2.45, 2.75) is 25.8 Å². The van der Waals surface area contributed by atoms with Gasteiger partial charge in [0.2, 0.25) is 0 Å². The van der Waals surface area contributed by atoms with Crippen LogP contribution < -0.4 is 10.2 Å². The molecule has 1 aromatic carbocycles. The van der Waals surface area contributed by atoms with Crippen LogP contribution in [0.2, 0.25) is 0 Å². The molecule has 1 aromatic heterocycles. The summed E-state index contributed by atoms with van der Waals surface area (Å²) in [6.45, 7) is 2.17. The van der Waals surface area contributed by atoms with Crippen LogP contribution in [0.25, 0.3) is 0 Å². The molecule has 0 atom stereocenters. The summed E-state index contributed by atoms with van der Waals surface area (Å²) < 4.78 is 13.6. The number of carbonyl (C=O) groups is 1. The van der Waals surface area contributed by atoms with Gasteiger partial charge in [-0.05, 0) is 37.5 Å². The van der Waals surface area contributed by atoms with Crippen molar-refractivity contribution >= 4 is 11.7 Å². The first kappa shape index (κ1) is 15.4. The van der Waals surface area contributed by atoms with Crippen molar-refractivity contribution in [2.75, 3.05) is 18.0 Å². The fourth-order valence-corrected chi connectivity index (χ4v) is 2.67. The first-order chi connectivity index (χ1) is 11.2. The number of rotatable bonds is 4. The fourth-order valence-electron chi connectivity index (χ4n) is 2.67. The molecule has 1 amide bonds. The topological polar surface area (TPSA) is 58.1 Å². The summed E-state index contributed by atoms with van der Waals surface area (Å²) in [7, 11) is 0. The zero-order valence-corrected chi connectivity index (χ0v) is 12.8. The molecule has 1 saturated heterocycles. The quantitative estimate of drug-likeness (QED) is 0.942. The number of halogens is 1. The lowest BCUT2D eigenvalue weighted by molar-refractivity contribution is 0.0946. The third-order valence-corrected chi connectivity index (χ3v) is 3.90. The van der Waals surface area contributed by atoms with Crippen molar-refractivity contribution in [3.05, 3.63) is 53.7 Å². The van der Waals surface area contributed by atoms with E-state index in [2.05, 4.69) is 20.2 Å². The monoisotopic (exact) mass is 314 g/mol. The van der Waals surface area contributed by atoms with Gasteiger partial charge in [-0.15, -0.1) is 0 Å². The third-order valence-electron chi connectivity index (χ3n) is 3.90. The average Bonchev–Trinajstić information content (AvgIpc) is 2.61. The van der Waals surface area contributed by atoms with Gasteiger partial charge in [-0.3, -0.25) is 4.79 Å². The molecule has 2 heterocycles. The van der Waals surface area contributed by atoms with E-state index in [4.69, 9.17) is 0 Å². The highest BCUT2D eigenvalue weighted by Crippen LogP contribution is 2.16. The third kappa shape index (κ3) is 3.83. The Morgan fingerprint density at radius 2 is 1.96 bits per heavy atom. The van der Waals surface area contributed by atoms with Crippen LogP contribution in [0, 0.1) is 5.82 Å². The van der Waals surface area contributed by atoms with Crippen LogP contribution in [0.4, 0.5) is 10.2 Å². The molecular weight excluding hydrogens is 295 g/mol. The van der Waals surface area contributed by atoms with Crippen LogP contribution in [0.15, 0.2) is 36.5 Å². The number of piperidine rings is 1. The number of benzene rings is 1. The number of carbonyl (C=O) groups excluding carboxylic acids is 1. The molecule has 0 unspecified atom stereocenters. The van der Waals surface area contributed by atoms with Gasteiger partial charge in [0.1, 0.15) is 17.5 Å². The molecule has 0 bridgehead atoms. The number of hydrogen-bond acceptors (Lipinski definition) is 4. The lowest BCUT2D eigenvalue weighted by atomic mass is 10.1. The van der Waals surface area contributed by atoms with E-state index in [1.807, 2.05) is 6.07 Å². The zero-order chi connectivity index (χ0) is 16.1. The Balaban J connectivity index is 1.64. The van der Waals surface area contributed by atoms with Gasteiger partial charge >= 0.3 is 0 Å². The van der Waals surface area contributed by atoms with Gasteiger partial charge in [0.15, 0.2) is 0 Å². The van der Waals surface area contributed by atoms with E-state index in [0.29, 0.717) is 5.82 Å². The van der Waals surface area contributed by atoms with Gasteiger partial charge in [-0.25, -0.2) is 14.4 Å². The fraction of sp³-hybridized carbons (Fsp3) is 0.353. The Hall–Kier alpha value is -2.50. The van der Waals surface area contributed by atoms with Crippen molar-refractivity contribution in [3.63, 3.8) is 0 Å². The molecule has 6 heteroatoms. The minimum absolute atomic E-state index is 0.0275. The van der Waals surface area contributed by atoms with Crippen LogP contribution >= 0.6 is 0 Å². The van der Waals surface area contributed by atoms with Crippen LogP contribution in [-0.2, 0) is 6.54 Å². The summed E-state index contributed by atoms with van der Waals surface area (Å²) in [5, 5.41) is 2.66. The normalized spacial score (nSPS) is 14.6. The van der Waals surface area contributed by atoms with Gasteiger partial charge in [0, 0.05) is 19.3 Å². The molecule has 5 nitrogen and oxygen atoms in total. The second-order valence-electron chi connectivity index (χ2n) is 5.54. The summed E-state index contributed by atoms with van der Waals surface area (Å²) >= 11 is 0. The van der Waals surface area contributed by atoms with Crippen molar-refractivity contribution in [1.82, 2.24) is 15.3 Å². The standard InChI is InChI=1S/C17H19FN4O/c18-14-7-3-2-6-13(14)17(23)20-12-15-19-9-8-16(21-15)22-10-4-1-5-11-22/h2-3,6-9H,1,4-5,10-12H2,(H,20,23). The molecule has 0 spiro atoms. The van der Waals surface area contributed by atoms with E-state index in [0.717, 1.165) is 18.9 Å². The second kappa shape index (κ2) is 7.17. The first-order valence-corrected chi connectivity index (χ1v) is 7.83. The summed E-state index contributed by atoms with van der Waals surface area (Å²) in [4.78, 5) is 22.9. The summed E-state index contributed by atoms with van der Waals surface area (Å²) in [6.07, 6.45) is 5.29. The molecule has 3 rings (SSSR count). The van der Waals surface area contributed by atoms with Crippen LogP contribution in [-0.4, -0.2) is 29.0 Å². The maximum atomic E-state index is 13.6. The molecule has 0 radical (unpaired) electrons. The van der Waals surface area contributed by atoms with E-state index in [9.17, 15) is 9.18 Å². The lowest BCUT2D eigenvalue weighted by Gasteiger charge is -2.27. The molecular formula is C17H19FN4O. The van der Waals surface area contributed by atoms with E-state index in [1.54, 1.807) is 18.3 Å². The van der Waals surface area contributed by atoms with E-state index in [1.165, 1.54) is 31.4 Å². The molecule has 2 aromatic rings. The molecule has 0 aliphatic carbocycles. The molecule has 23 heavy (non-hydrogen) atoms. The molecule has 1 aliphatic rings. The van der Waals surface area contributed by atoms with E-state index >= 15 is 0 Å². The predicted molar refractivity (Wildman–Crippen MR) is 85.7 cm³/mol.